The number of nitrogens with zero attached hydrogens (tertiary/aromatic N) is 1. The molecule has 0 radical (unpaired) electrons. The Hall–Kier alpha value is -0.780. The minimum absolute atomic E-state index is 0.702. The van der Waals surface area contributed by atoms with Gasteiger partial charge in [0, 0.05) is 18.6 Å². The van der Waals surface area contributed by atoms with E-state index in [0.717, 1.165) is 17.2 Å². The van der Waals surface area contributed by atoms with Crippen molar-refractivity contribution < 1.29 is 4.74 Å². The van der Waals surface area contributed by atoms with E-state index in [4.69, 9.17) is 4.74 Å². The molecule has 2 aromatic rings. The highest BCUT2D eigenvalue weighted by molar-refractivity contribution is 7.99. The Balaban J connectivity index is 2.07. The van der Waals surface area contributed by atoms with Crippen LogP contribution in [0.2, 0.25) is 0 Å². The first-order valence-electron chi connectivity index (χ1n) is 6.09. The van der Waals surface area contributed by atoms with Crippen LogP contribution in [0.3, 0.4) is 0 Å². The maximum absolute atomic E-state index is 5.01. The van der Waals surface area contributed by atoms with Crippen molar-refractivity contribution >= 4 is 38.4 Å². The summed E-state index contributed by atoms with van der Waals surface area (Å²) in [5.41, 5.74) is 1.07. The number of rotatable bonds is 7. The zero-order valence-electron chi connectivity index (χ0n) is 10.7. The molecular formula is C13H18N2OS2. The normalized spacial score (nSPS) is 11.0. The Kier molecular flexibility index (Phi) is 5.28. The first-order valence-corrected chi connectivity index (χ1v) is 7.90. The van der Waals surface area contributed by atoms with Crippen molar-refractivity contribution in [2.75, 3.05) is 31.3 Å². The van der Waals surface area contributed by atoms with Crippen LogP contribution in [0, 0.1) is 0 Å². The van der Waals surface area contributed by atoms with Crippen LogP contribution in [0.25, 0.3) is 10.2 Å². The van der Waals surface area contributed by atoms with E-state index in [1.807, 2.05) is 11.8 Å². The minimum Gasteiger partial charge on any atom is -0.383 e. The van der Waals surface area contributed by atoms with Crippen LogP contribution in [0.5, 0.6) is 0 Å². The van der Waals surface area contributed by atoms with Gasteiger partial charge >= 0.3 is 0 Å². The van der Waals surface area contributed by atoms with Gasteiger partial charge in [-0.2, -0.15) is 0 Å². The number of benzene rings is 1. The number of fused-ring (bicyclic) bond motifs is 1. The lowest BCUT2D eigenvalue weighted by atomic mass is 10.3. The molecule has 0 saturated carbocycles. The van der Waals surface area contributed by atoms with E-state index in [-0.39, 0.29) is 0 Å². The zero-order valence-corrected chi connectivity index (χ0v) is 12.4. The molecule has 0 aliphatic rings. The predicted molar refractivity (Wildman–Crippen MR) is 81.0 cm³/mol. The van der Waals surface area contributed by atoms with E-state index in [9.17, 15) is 0 Å². The van der Waals surface area contributed by atoms with Crippen molar-refractivity contribution in [1.29, 1.82) is 0 Å². The summed E-state index contributed by atoms with van der Waals surface area (Å²) in [7, 11) is 1.71. The molecule has 0 aliphatic carbocycles. The predicted octanol–water partition coefficient (Wildman–Crippen LogP) is 3.86. The second kappa shape index (κ2) is 6.97. The standard InChI is InChI=1S/C13H18N2OS2/c1-3-8-17-10-4-5-11-12(9-10)18-13(15-11)14-6-7-16-2/h4-5,9H,3,6-8H2,1-2H3,(H,14,15). The zero-order chi connectivity index (χ0) is 12.8. The van der Waals surface area contributed by atoms with Gasteiger partial charge in [-0.3, -0.25) is 0 Å². The second-order valence-corrected chi connectivity index (χ2v) is 6.12. The van der Waals surface area contributed by atoms with Gasteiger partial charge in [-0.15, -0.1) is 11.8 Å². The van der Waals surface area contributed by atoms with Crippen molar-refractivity contribution in [3.63, 3.8) is 0 Å². The fourth-order valence-electron chi connectivity index (χ4n) is 1.55. The molecule has 1 aromatic heterocycles. The highest BCUT2D eigenvalue weighted by Gasteiger charge is 2.04. The molecule has 2 rings (SSSR count). The topological polar surface area (TPSA) is 34.2 Å². The van der Waals surface area contributed by atoms with Crippen molar-refractivity contribution in [3.8, 4) is 0 Å². The number of nitrogens with one attached hydrogen (secondary N) is 1. The minimum atomic E-state index is 0.702. The summed E-state index contributed by atoms with van der Waals surface area (Å²) in [4.78, 5) is 5.88. The summed E-state index contributed by atoms with van der Waals surface area (Å²) in [6.07, 6.45) is 1.20. The maximum atomic E-state index is 5.01. The summed E-state index contributed by atoms with van der Waals surface area (Å²) in [5, 5.41) is 4.25. The number of hydrogen-bond donors (Lipinski definition) is 1. The molecule has 1 N–H and O–H groups in total. The molecule has 0 amide bonds. The van der Waals surface area contributed by atoms with Gasteiger partial charge in [-0.25, -0.2) is 4.98 Å². The largest absolute Gasteiger partial charge is 0.383 e. The van der Waals surface area contributed by atoms with Crippen LogP contribution in [-0.2, 0) is 4.74 Å². The molecular weight excluding hydrogens is 264 g/mol. The average Bonchev–Trinajstić information content (AvgIpc) is 2.78. The summed E-state index contributed by atoms with van der Waals surface area (Å²) >= 11 is 3.61. The second-order valence-electron chi connectivity index (χ2n) is 3.92. The lowest BCUT2D eigenvalue weighted by Crippen LogP contribution is -2.06. The molecule has 0 fully saturated rings. The quantitative estimate of drug-likeness (QED) is 0.618. The van der Waals surface area contributed by atoms with Crippen LogP contribution < -0.4 is 5.32 Å². The fraction of sp³-hybridized carbons (Fsp3) is 0.462. The van der Waals surface area contributed by atoms with E-state index in [1.54, 1.807) is 18.4 Å². The van der Waals surface area contributed by atoms with Crippen LogP contribution in [0.4, 0.5) is 5.13 Å². The highest BCUT2D eigenvalue weighted by atomic mass is 32.2. The molecule has 0 atom stereocenters. The van der Waals surface area contributed by atoms with Crippen LogP contribution in [0.1, 0.15) is 13.3 Å². The maximum Gasteiger partial charge on any atom is 0.183 e. The lowest BCUT2D eigenvalue weighted by molar-refractivity contribution is 0.211. The summed E-state index contributed by atoms with van der Waals surface area (Å²) < 4.78 is 6.26. The van der Waals surface area contributed by atoms with E-state index < -0.39 is 0 Å². The van der Waals surface area contributed by atoms with Crippen LogP contribution in [0.15, 0.2) is 23.1 Å². The Labute approximate surface area is 116 Å². The van der Waals surface area contributed by atoms with Crippen molar-refractivity contribution in [3.05, 3.63) is 18.2 Å². The molecule has 98 valence electrons. The third-order valence-corrected chi connectivity index (χ3v) is 4.59. The summed E-state index contributed by atoms with van der Waals surface area (Å²) in [6.45, 7) is 3.71. The number of thioether (sulfide) groups is 1. The highest BCUT2D eigenvalue weighted by Crippen LogP contribution is 2.30. The summed E-state index contributed by atoms with van der Waals surface area (Å²) in [5.74, 6) is 1.17. The molecule has 1 aromatic carbocycles. The molecule has 18 heavy (non-hydrogen) atoms. The molecule has 5 heteroatoms. The van der Waals surface area contributed by atoms with E-state index in [2.05, 4.69) is 35.4 Å². The Morgan fingerprint density at radius 3 is 3.11 bits per heavy atom. The number of aromatic nitrogens is 1. The number of hydrogen-bond acceptors (Lipinski definition) is 5. The van der Waals surface area contributed by atoms with E-state index in [0.29, 0.717) is 6.61 Å². The van der Waals surface area contributed by atoms with Crippen LogP contribution >= 0.6 is 23.1 Å². The van der Waals surface area contributed by atoms with Gasteiger partial charge in [0.05, 0.1) is 16.8 Å². The van der Waals surface area contributed by atoms with Gasteiger partial charge in [-0.05, 0) is 30.4 Å². The Morgan fingerprint density at radius 2 is 2.33 bits per heavy atom. The van der Waals surface area contributed by atoms with Gasteiger partial charge < -0.3 is 10.1 Å². The van der Waals surface area contributed by atoms with E-state index in [1.165, 1.54) is 21.8 Å². The molecule has 3 nitrogen and oxygen atoms in total. The first kappa shape index (κ1) is 13.6. The fourth-order valence-corrected chi connectivity index (χ4v) is 3.36. The number of ether oxygens (including phenoxy) is 1. The van der Waals surface area contributed by atoms with Crippen molar-refractivity contribution in [1.82, 2.24) is 4.98 Å². The smallest absolute Gasteiger partial charge is 0.183 e. The third kappa shape index (κ3) is 3.60. The van der Waals surface area contributed by atoms with Crippen LogP contribution in [-0.4, -0.2) is 31.0 Å². The molecule has 0 saturated heterocycles. The Bertz CT molecular complexity index is 499. The SMILES string of the molecule is CCCSc1ccc2nc(NCCOC)sc2c1. The average molecular weight is 282 g/mol. The number of methoxy groups -OCH3 is 1. The molecule has 0 aliphatic heterocycles. The van der Waals surface area contributed by atoms with Crippen molar-refractivity contribution in [2.45, 2.75) is 18.2 Å². The van der Waals surface area contributed by atoms with Gasteiger partial charge in [0.25, 0.3) is 0 Å². The van der Waals surface area contributed by atoms with Gasteiger partial charge in [0.15, 0.2) is 5.13 Å². The first-order chi connectivity index (χ1) is 8.83. The van der Waals surface area contributed by atoms with Gasteiger partial charge in [0.2, 0.25) is 0 Å². The number of anilines is 1. The molecule has 0 unspecified atom stereocenters. The van der Waals surface area contributed by atoms with Gasteiger partial charge in [-0.1, -0.05) is 18.3 Å². The Morgan fingerprint density at radius 1 is 1.44 bits per heavy atom. The molecule has 0 bridgehead atoms. The molecule has 0 spiro atoms. The summed E-state index contributed by atoms with van der Waals surface area (Å²) in [6, 6.07) is 6.49. The van der Waals surface area contributed by atoms with Crippen molar-refractivity contribution in [2.24, 2.45) is 0 Å². The lowest BCUT2D eigenvalue weighted by Gasteiger charge is -1.99. The molecule has 1 heterocycles. The monoisotopic (exact) mass is 282 g/mol. The van der Waals surface area contributed by atoms with E-state index >= 15 is 0 Å². The number of thiazole rings is 1. The van der Waals surface area contributed by atoms with Gasteiger partial charge in [0.1, 0.15) is 0 Å². The third-order valence-electron chi connectivity index (χ3n) is 2.42.